The molecule has 2 saturated heterocycles. The molecule has 78 valence electrons. The van der Waals surface area contributed by atoms with Crippen LogP contribution in [-0.2, 0) is 4.79 Å². The van der Waals surface area contributed by atoms with E-state index in [0.717, 1.165) is 6.54 Å². The van der Waals surface area contributed by atoms with Gasteiger partial charge in [-0.05, 0) is 13.8 Å². The molecule has 0 aliphatic carbocycles. The zero-order valence-electron chi connectivity index (χ0n) is 8.49. The smallest absolute Gasteiger partial charge is 0.312 e. The molecular weight excluding hydrogens is 182 g/mol. The molecular formula is C9H15N3O2. The monoisotopic (exact) mass is 197 g/mol. The summed E-state index contributed by atoms with van der Waals surface area (Å²) in [4.78, 5) is 26.6. The Morgan fingerprint density at radius 1 is 1.43 bits per heavy atom. The van der Waals surface area contributed by atoms with Crippen molar-refractivity contribution < 1.29 is 9.59 Å². The summed E-state index contributed by atoms with van der Waals surface area (Å²) < 4.78 is 0. The topological polar surface area (TPSA) is 52.7 Å². The molecule has 0 aromatic heterocycles. The van der Waals surface area contributed by atoms with Crippen LogP contribution in [-0.4, -0.2) is 53.5 Å². The number of carbonyl (C=O) groups excluding carboxylic acids is 2. The second kappa shape index (κ2) is 3.24. The van der Waals surface area contributed by atoms with Gasteiger partial charge in [-0.1, -0.05) is 0 Å². The zero-order chi connectivity index (χ0) is 10.3. The highest BCUT2D eigenvalue weighted by atomic mass is 16.2. The first kappa shape index (κ1) is 9.45. The molecule has 0 unspecified atom stereocenters. The van der Waals surface area contributed by atoms with Gasteiger partial charge in [-0.25, -0.2) is 4.79 Å². The average Bonchev–Trinajstić information content (AvgIpc) is 2.41. The molecule has 1 atom stereocenters. The first-order valence-electron chi connectivity index (χ1n) is 4.97. The molecule has 0 spiro atoms. The molecule has 1 N–H and O–H groups in total. The Bertz CT molecular complexity index is 253. The molecule has 2 heterocycles. The minimum absolute atomic E-state index is 0.0411. The fraction of sp³-hybridized carbons (Fsp3) is 0.778. The van der Waals surface area contributed by atoms with Crippen LogP contribution in [0.4, 0.5) is 4.79 Å². The van der Waals surface area contributed by atoms with Crippen molar-refractivity contribution in [3.8, 4) is 0 Å². The molecule has 0 saturated carbocycles. The molecule has 2 rings (SSSR count). The SMILES string of the molecule is CC(C)N1C(=O)[C@@H]2CNCCN2C1=O. The highest BCUT2D eigenvalue weighted by molar-refractivity contribution is 6.04. The van der Waals surface area contributed by atoms with Crippen LogP contribution in [0.15, 0.2) is 0 Å². The van der Waals surface area contributed by atoms with Crippen molar-refractivity contribution in [1.82, 2.24) is 15.1 Å². The Morgan fingerprint density at radius 2 is 2.14 bits per heavy atom. The van der Waals surface area contributed by atoms with Crippen molar-refractivity contribution in [3.63, 3.8) is 0 Å². The van der Waals surface area contributed by atoms with Gasteiger partial charge in [0.15, 0.2) is 0 Å². The average molecular weight is 197 g/mol. The number of imide groups is 1. The van der Waals surface area contributed by atoms with Crippen LogP contribution in [0.3, 0.4) is 0 Å². The van der Waals surface area contributed by atoms with Gasteiger partial charge >= 0.3 is 6.03 Å². The molecule has 14 heavy (non-hydrogen) atoms. The highest BCUT2D eigenvalue weighted by Crippen LogP contribution is 2.20. The van der Waals surface area contributed by atoms with Crippen LogP contribution < -0.4 is 5.32 Å². The lowest BCUT2D eigenvalue weighted by Gasteiger charge is -2.27. The third-order valence-electron chi connectivity index (χ3n) is 2.73. The summed E-state index contributed by atoms with van der Waals surface area (Å²) in [7, 11) is 0. The maximum Gasteiger partial charge on any atom is 0.327 e. The van der Waals surface area contributed by atoms with E-state index in [4.69, 9.17) is 0 Å². The third kappa shape index (κ3) is 1.19. The summed E-state index contributed by atoms with van der Waals surface area (Å²) in [5.74, 6) is -0.0581. The number of nitrogens with zero attached hydrogens (tertiary/aromatic N) is 2. The van der Waals surface area contributed by atoms with E-state index < -0.39 is 0 Å². The Hall–Kier alpha value is -1.10. The predicted molar refractivity (Wildman–Crippen MR) is 50.7 cm³/mol. The van der Waals surface area contributed by atoms with Crippen molar-refractivity contribution in [2.45, 2.75) is 25.9 Å². The van der Waals surface area contributed by atoms with Gasteiger partial charge < -0.3 is 10.2 Å². The minimum atomic E-state index is -0.265. The van der Waals surface area contributed by atoms with E-state index in [-0.39, 0.29) is 24.0 Å². The van der Waals surface area contributed by atoms with Gasteiger partial charge in [-0.2, -0.15) is 0 Å². The molecule has 2 aliphatic heterocycles. The van der Waals surface area contributed by atoms with E-state index in [1.54, 1.807) is 4.90 Å². The Balaban J connectivity index is 2.24. The molecule has 0 bridgehead atoms. The van der Waals surface area contributed by atoms with E-state index in [2.05, 4.69) is 5.32 Å². The lowest BCUT2D eigenvalue weighted by molar-refractivity contribution is -0.129. The number of hydrogen-bond donors (Lipinski definition) is 1. The number of amides is 3. The fourth-order valence-corrected chi connectivity index (χ4v) is 2.02. The van der Waals surface area contributed by atoms with Gasteiger partial charge in [0.2, 0.25) is 0 Å². The fourth-order valence-electron chi connectivity index (χ4n) is 2.02. The molecule has 0 aromatic rings. The number of nitrogens with one attached hydrogen (secondary N) is 1. The Kier molecular flexibility index (Phi) is 2.19. The van der Waals surface area contributed by atoms with Crippen molar-refractivity contribution >= 4 is 11.9 Å². The largest absolute Gasteiger partial charge is 0.327 e. The summed E-state index contributed by atoms with van der Waals surface area (Å²) in [6.07, 6.45) is 0. The zero-order valence-corrected chi connectivity index (χ0v) is 8.49. The molecule has 5 heteroatoms. The van der Waals surface area contributed by atoms with E-state index >= 15 is 0 Å². The number of rotatable bonds is 1. The molecule has 0 aromatic carbocycles. The third-order valence-corrected chi connectivity index (χ3v) is 2.73. The van der Waals surface area contributed by atoms with E-state index in [9.17, 15) is 9.59 Å². The second-order valence-corrected chi connectivity index (χ2v) is 4.00. The van der Waals surface area contributed by atoms with Gasteiger partial charge in [0.25, 0.3) is 5.91 Å². The van der Waals surface area contributed by atoms with Gasteiger partial charge in [-0.3, -0.25) is 9.69 Å². The number of hydrogen-bond acceptors (Lipinski definition) is 3. The van der Waals surface area contributed by atoms with Crippen LogP contribution >= 0.6 is 0 Å². The van der Waals surface area contributed by atoms with Gasteiger partial charge in [0.05, 0.1) is 0 Å². The maximum atomic E-state index is 11.8. The molecule has 0 radical (unpaired) electrons. The van der Waals surface area contributed by atoms with Crippen molar-refractivity contribution in [2.24, 2.45) is 0 Å². The number of urea groups is 1. The van der Waals surface area contributed by atoms with Crippen LogP contribution in [0.25, 0.3) is 0 Å². The first-order chi connectivity index (χ1) is 6.63. The van der Waals surface area contributed by atoms with Crippen molar-refractivity contribution in [3.05, 3.63) is 0 Å². The van der Waals surface area contributed by atoms with E-state index in [1.165, 1.54) is 4.90 Å². The normalized spacial score (nSPS) is 27.5. The van der Waals surface area contributed by atoms with Gasteiger partial charge in [0, 0.05) is 25.7 Å². The summed E-state index contributed by atoms with van der Waals surface area (Å²) in [6.45, 7) is 5.73. The molecule has 2 aliphatic rings. The van der Waals surface area contributed by atoms with E-state index in [1.807, 2.05) is 13.8 Å². The van der Waals surface area contributed by atoms with Crippen molar-refractivity contribution in [1.29, 1.82) is 0 Å². The summed E-state index contributed by atoms with van der Waals surface area (Å²) in [5.41, 5.74) is 0. The summed E-state index contributed by atoms with van der Waals surface area (Å²) in [5, 5.41) is 3.13. The predicted octanol–water partition coefficient (Wildman–Crippen LogP) is -0.369. The lowest BCUT2D eigenvalue weighted by atomic mass is 10.2. The highest BCUT2D eigenvalue weighted by Gasteiger charge is 2.46. The second-order valence-electron chi connectivity index (χ2n) is 4.00. The first-order valence-corrected chi connectivity index (χ1v) is 4.97. The standard InChI is InChI=1S/C9H15N3O2/c1-6(2)12-8(13)7-5-10-3-4-11(7)9(12)14/h6-7,10H,3-5H2,1-2H3/t7-/m0/s1. The number of fused-ring (bicyclic) bond motifs is 1. The van der Waals surface area contributed by atoms with Gasteiger partial charge in [0.1, 0.15) is 6.04 Å². The van der Waals surface area contributed by atoms with Gasteiger partial charge in [-0.15, -0.1) is 0 Å². The van der Waals surface area contributed by atoms with Crippen molar-refractivity contribution in [2.75, 3.05) is 19.6 Å². The Labute approximate surface area is 83.0 Å². The van der Waals surface area contributed by atoms with Crippen LogP contribution in [0.2, 0.25) is 0 Å². The maximum absolute atomic E-state index is 11.8. The quantitative estimate of drug-likeness (QED) is 0.584. The molecule has 5 nitrogen and oxygen atoms in total. The lowest BCUT2D eigenvalue weighted by Crippen LogP contribution is -2.51. The van der Waals surface area contributed by atoms with Crippen LogP contribution in [0, 0.1) is 0 Å². The van der Waals surface area contributed by atoms with Crippen LogP contribution in [0.1, 0.15) is 13.8 Å². The van der Waals surface area contributed by atoms with Crippen LogP contribution in [0.5, 0.6) is 0 Å². The molecule has 3 amide bonds. The summed E-state index contributed by atoms with van der Waals surface area (Å²) >= 11 is 0. The number of piperazine rings is 1. The Morgan fingerprint density at radius 3 is 2.71 bits per heavy atom. The number of carbonyl (C=O) groups is 2. The van der Waals surface area contributed by atoms with E-state index in [0.29, 0.717) is 13.1 Å². The summed E-state index contributed by atoms with van der Waals surface area (Å²) in [6, 6.07) is -0.434. The molecule has 2 fully saturated rings. The minimum Gasteiger partial charge on any atom is -0.312 e.